The first-order valence-corrected chi connectivity index (χ1v) is 22.8. The predicted molar refractivity (Wildman–Crippen MR) is 257 cm³/mol. The quantitative estimate of drug-likeness (QED) is 0.163. The largest absolute Gasteiger partial charge is 0.309 e. The number of hydrogen-bond acceptors (Lipinski definition) is 1. The van der Waals surface area contributed by atoms with Crippen molar-refractivity contribution in [3.63, 3.8) is 0 Å². The highest BCUT2D eigenvalue weighted by Crippen LogP contribution is 2.69. The van der Waals surface area contributed by atoms with E-state index >= 15 is 0 Å². The maximum Gasteiger partial charge on any atom is 0.0730 e. The van der Waals surface area contributed by atoms with E-state index in [4.69, 9.17) is 4.98 Å². The van der Waals surface area contributed by atoms with Gasteiger partial charge in [0.2, 0.25) is 0 Å². The molecule has 3 heterocycles. The van der Waals surface area contributed by atoms with Gasteiger partial charge >= 0.3 is 0 Å². The summed E-state index contributed by atoms with van der Waals surface area (Å²) in [6, 6.07) is 66.3. The first-order chi connectivity index (χ1) is 30.7. The molecule has 3 aromatic heterocycles. The number of fused-ring (bicyclic) bond motifs is 11. The molecule has 5 aliphatic rings. The van der Waals surface area contributed by atoms with Crippen molar-refractivity contribution >= 4 is 65.4 Å². The molecule has 62 heavy (non-hydrogen) atoms. The van der Waals surface area contributed by atoms with E-state index in [1.807, 2.05) is 0 Å². The highest BCUT2D eigenvalue weighted by molar-refractivity contribution is 6.15. The minimum Gasteiger partial charge on any atom is -0.309 e. The number of pyridine rings is 1. The Morgan fingerprint density at radius 3 is 1.53 bits per heavy atom. The summed E-state index contributed by atoms with van der Waals surface area (Å²) in [6.07, 6.45) is 7.05. The zero-order chi connectivity index (χ0) is 40.3. The number of aromatic nitrogens is 3. The molecule has 0 N–H and O–H groups in total. The Kier molecular flexibility index (Phi) is 6.58. The van der Waals surface area contributed by atoms with Crippen molar-refractivity contribution in [2.24, 2.45) is 23.7 Å². The predicted octanol–water partition coefficient (Wildman–Crippen LogP) is 15.0. The molecule has 16 rings (SSSR count). The third-order valence-corrected chi connectivity index (χ3v) is 16.3. The summed E-state index contributed by atoms with van der Waals surface area (Å²) in [6.45, 7) is 0. The molecule has 0 aliphatic heterocycles. The van der Waals surface area contributed by atoms with Crippen LogP contribution in [0.4, 0.5) is 0 Å². The van der Waals surface area contributed by atoms with Crippen LogP contribution in [0.2, 0.25) is 0 Å². The molecule has 4 fully saturated rings. The van der Waals surface area contributed by atoms with E-state index in [9.17, 15) is 0 Å². The maximum atomic E-state index is 5.07. The van der Waals surface area contributed by atoms with E-state index in [0.29, 0.717) is 0 Å². The van der Waals surface area contributed by atoms with Crippen LogP contribution in [0.3, 0.4) is 0 Å². The summed E-state index contributed by atoms with van der Waals surface area (Å²) in [4.78, 5) is 5.07. The topological polar surface area (TPSA) is 22.8 Å². The Balaban J connectivity index is 0.908. The van der Waals surface area contributed by atoms with Gasteiger partial charge in [0.05, 0.1) is 38.8 Å². The third kappa shape index (κ3) is 4.29. The molecule has 3 nitrogen and oxygen atoms in total. The zero-order valence-corrected chi connectivity index (χ0v) is 34.4. The van der Waals surface area contributed by atoms with Gasteiger partial charge in [-0.2, -0.15) is 0 Å². The molecule has 4 bridgehead atoms. The van der Waals surface area contributed by atoms with Gasteiger partial charge in [-0.1, -0.05) is 115 Å². The summed E-state index contributed by atoms with van der Waals surface area (Å²) in [5, 5.41) is 7.41. The SMILES string of the molecule is c1ccc2c(c1)-c1ccc(-n3c4ccccc4c4cc(-c5ccc6c(c5)c5ccccc5n6-c5c6ccccc6nc6ccccc56)ccc43)cc1C21C2CC3CC(C2)CC1C3. The molecule has 5 aliphatic carbocycles. The summed E-state index contributed by atoms with van der Waals surface area (Å²) < 4.78 is 5.03. The average molecular weight is 794 g/mol. The summed E-state index contributed by atoms with van der Waals surface area (Å²) in [7, 11) is 0. The van der Waals surface area contributed by atoms with Crippen LogP contribution >= 0.6 is 0 Å². The van der Waals surface area contributed by atoms with Crippen molar-refractivity contribution in [3.05, 3.63) is 187 Å². The third-order valence-electron chi connectivity index (χ3n) is 16.3. The van der Waals surface area contributed by atoms with Crippen LogP contribution in [0.5, 0.6) is 0 Å². The molecule has 4 saturated carbocycles. The number of nitrogens with zero attached hydrogens (tertiary/aromatic N) is 3. The summed E-state index contributed by atoms with van der Waals surface area (Å²) >= 11 is 0. The Hall–Kier alpha value is -6.97. The lowest BCUT2D eigenvalue weighted by atomic mass is 9.43. The molecule has 8 aromatic carbocycles. The smallest absolute Gasteiger partial charge is 0.0730 e. The number of rotatable bonds is 3. The second-order valence-corrected chi connectivity index (χ2v) is 19.1. The Bertz CT molecular complexity index is 3650. The van der Waals surface area contributed by atoms with Gasteiger partial charge in [0.1, 0.15) is 0 Å². The number of para-hydroxylation sites is 4. The lowest BCUT2D eigenvalue weighted by Crippen LogP contribution is -2.55. The van der Waals surface area contributed by atoms with Gasteiger partial charge in [-0.25, -0.2) is 4.98 Å². The number of hydrogen-bond donors (Lipinski definition) is 0. The molecule has 0 radical (unpaired) electrons. The average Bonchev–Trinajstić information content (AvgIpc) is 3.93. The highest BCUT2D eigenvalue weighted by Gasteiger charge is 2.61. The Labute approximate surface area is 359 Å². The van der Waals surface area contributed by atoms with Crippen molar-refractivity contribution in [1.82, 2.24) is 14.1 Å². The molecular formula is C59H43N3. The molecule has 0 unspecified atom stereocenters. The molecule has 3 heteroatoms. The fraction of sp³-hybridized carbons (Fsp3) is 0.169. The van der Waals surface area contributed by atoms with Gasteiger partial charge in [-0.15, -0.1) is 0 Å². The molecular weight excluding hydrogens is 751 g/mol. The van der Waals surface area contributed by atoms with Gasteiger partial charge in [0.25, 0.3) is 0 Å². The minimum atomic E-state index is 0.140. The molecule has 0 saturated heterocycles. The fourth-order valence-corrected chi connectivity index (χ4v) is 14.2. The fourth-order valence-electron chi connectivity index (χ4n) is 14.2. The van der Waals surface area contributed by atoms with E-state index in [2.05, 4.69) is 185 Å². The van der Waals surface area contributed by atoms with Gasteiger partial charge in [0.15, 0.2) is 0 Å². The van der Waals surface area contributed by atoms with E-state index in [-0.39, 0.29) is 5.41 Å². The van der Waals surface area contributed by atoms with Crippen molar-refractivity contribution in [1.29, 1.82) is 0 Å². The van der Waals surface area contributed by atoms with Crippen LogP contribution in [0, 0.1) is 23.7 Å². The van der Waals surface area contributed by atoms with Crippen LogP contribution in [0.1, 0.15) is 43.2 Å². The van der Waals surface area contributed by atoms with Gasteiger partial charge < -0.3 is 9.13 Å². The zero-order valence-electron chi connectivity index (χ0n) is 34.4. The first kappa shape index (κ1) is 33.7. The normalized spacial score (nSPS) is 22.3. The van der Waals surface area contributed by atoms with E-state index in [1.165, 1.54) is 109 Å². The lowest BCUT2D eigenvalue weighted by Gasteiger charge is -2.61. The summed E-state index contributed by atoms with van der Waals surface area (Å²) in [5.74, 6) is 3.34. The number of benzene rings is 8. The van der Waals surface area contributed by atoms with Crippen molar-refractivity contribution in [2.45, 2.75) is 37.5 Å². The highest BCUT2D eigenvalue weighted by atomic mass is 15.0. The standard InChI is InChI=1S/C59H43N3/c1-6-16-50-42(11-1)43-24-23-41(34-51(43)59(50)39-28-35-27-36(30-39)31-40(59)29-35)61-54-19-9-4-12-44(54)48-32-37(21-25-56(48)61)38-22-26-57-49(33-38)45-13-5-10-20-55(45)62(57)58-46-14-2-7-17-52(46)60-53-18-8-3-15-47(53)58/h1-26,32-36,39-40H,27-31H2. The van der Waals surface area contributed by atoms with E-state index in [0.717, 1.165) is 45.5 Å². The van der Waals surface area contributed by atoms with Gasteiger partial charge in [-0.3, -0.25) is 0 Å². The summed E-state index contributed by atoms with van der Waals surface area (Å²) in [5.41, 5.74) is 18.2. The van der Waals surface area contributed by atoms with Gasteiger partial charge in [-0.05, 0) is 150 Å². The molecule has 0 atom stereocenters. The van der Waals surface area contributed by atoms with Crippen molar-refractivity contribution in [3.8, 4) is 33.6 Å². The van der Waals surface area contributed by atoms with Gasteiger partial charge in [0, 0.05) is 43.4 Å². The Morgan fingerprint density at radius 2 is 0.887 bits per heavy atom. The van der Waals surface area contributed by atoms with Crippen molar-refractivity contribution in [2.75, 3.05) is 0 Å². The van der Waals surface area contributed by atoms with Crippen LogP contribution in [0.25, 0.3) is 99.0 Å². The Morgan fingerprint density at radius 1 is 0.387 bits per heavy atom. The molecule has 11 aromatic rings. The van der Waals surface area contributed by atoms with Crippen LogP contribution < -0.4 is 0 Å². The minimum absolute atomic E-state index is 0.140. The molecule has 0 amide bonds. The maximum absolute atomic E-state index is 5.07. The second-order valence-electron chi connectivity index (χ2n) is 19.1. The lowest BCUT2D eigenvalue weighted by molar-refractivity contribution is -0.0399. The van der Waals surface area contributed by atoms with E-state index < -0.39 is 0 Å². The van der Waals surface area contributed by atoms with Crippen LogP contribution in [-0.2, 0) is 5.41 Å². The van der Waals surface area contributed by atoms with Crippen LogP contribution in [0.15, 0.2) is 176 Å². The first-order valence-electron chi connectivity index (χ1n) is 22.8. The molecule has 294 valence electrons. The van der Waals surface area contributed by atoms with E-state index in [1.54, 1.807) is 11.1 Å². The second kappa shape index (κ2) is 12.1. The van der Waals surface area contributed by atoms with Crippen molar-refractivity contribution < 1.29 is 0 Å². The monoisotopic (exact) mass is 793 g/mol. The van der Waals surface area contributed by atoms with Crippen LogP contribution in [-0.4, -0.2) is 14.1 Å². The molecule has 1 spiro atoms.